The second kappa shape index (κ2) is 10.7. The van der Waals surface area contributed by atoms with Gasteiger partial charge >= 0.3 is 0 Å². The van der Waals surface area contributed by atoms with Crippen LogP contribution in [0, 0.1) is 5.92 Å². The molecule has 1 heterocycles. The lowest BCUT2D eigenvalue weighted by Crippen LogP contribution is -2.42. The van der Waals surface area contributed by atoms with Gasteiger partial charge in [0, 0.05) is 38.2 Å². The normalized spacial score (nSPS) is 15.0. The molecule has 0 saturated carbocycles. The van der Waals surface area contributed by atoms with Crippen LogP contribution >= 0.6 is 0 Å². The molecule has 1 N–H and O–H groups in total. The van der Waals surface area contributed by atoms with Gasteiger partial charge in [-0.3, -0.25) is 9.59 Å². The maximum absolute atomic E-state index is 12.5. The molecule has 5 heteroatoms. The minimum Gasteiger partial charge on any atom is -0.352 e. The van der Waals surface area contributed by atoms with Crippen LogP contribution in [0.15, 0.2) is 60.7 Å². The van der Waals surface area contributed by atoms with Gasteiger partial charge in [0.2, 0.25) is 11.8 Å². The van der Waals surface area contributed by atoms with Gasteiger partial charge in [-0.15, -0.1) is 0 Å². The molecule has 3 rings (SSSR count). The van der Waals surface area contributed by atoms with Crippen LogP contribution in [-0.4, -0.2) is 48.8 Å². The van der Waals surface area contributed by atoms with Crippen LogP contribution in [0.1, 0.15) is 29.5 Å². The van der Waals surface area contributed by atoms with Gasteiger partial charge in [0.15, 0.2) is 0 Å². The van der Waals surface area contributed by atoms with Crippen LogP contribution in [0.2, 0.25) is 0 Å². The number of likely N-dealkylation sites (tertiary alicyclic amines) is 1. The zero-order valence-corrected chi connectivity index (χ0v) is 17.9. The third-order valence-electron chi connectivity index (χ3n) is 5.38. The van der Waals surface area contributed by atoms with Gasteiger partial charge in [-0.1, -0.05) is 54.6 Å². The molecule has 1 saturated heterocycles. The number of piperidine rings is 1. The predicted octanol–water partition coefficient (Wildman–Crippen LogP) is 3.32. The average molecular weight is 406 g/mol. The number of carbonyl (C=O) groups excluding carboxylic acids is 2. The highest BCUT2D eigenvalue weighted by Gasteiger charge is 2.26. The molecule has 0 atom stereocenters. The molecule has 0 spiro atoms. The standard InChI is InChI=1S/C25H31N3O2/c1-27(2)19-22-10-8-21(9-11-22)18-26-25(30)23-14-16-28(17-15-23)24(29)13-12-20-6-4-3-5-7-20/h3-13,23H,14-19H2,1-2H3,(H,26,30)/b13-12+. The summed E-state index contributed by atoms with van der Waals surface area (Å²) in [6.45, 7) is 2.69. The summed E-state index contributed by atoms with van der Waals surface area (Å²) >= 11 is 0. The van der Waals surface area contributed by atoms with Gasteiger partial charge < -0.3 is 15.1 Å². The van der Waals surface area contributed by atoms with E-state index >= 15 is 0 Å². The summed E-state index contributed by atoms with van der Waals surface area (Å²) in [7, 11) is 4.10. The second-order valence-corrected chi connectivity index (χ2v) is 8.12. The van der Waals surface area contributed by atoms with Gasteiger partial charge in [0.05, 0.1) is 0 Å². The Balaban J connectivity index is 1.41. The molecule has 0 bridgehead atoms. The number of nitrogens with zero attached hydrogens (tertiary/aromatic N) is 2. The monoisotopic (exact) mass is 405 g/mol. The van der Waals surface area contributed by atoms with E-state index in [0.29, 0.717) is 32.5 Å². The second-order valence-electron chi connectivity index (χ2n) is 8.12. The van der Waals surface area contributed by atoms with Crippen molar-refractivity contribution in [2.75, 3.05) is 27.2 Å². The molecule has 0 aromatic heterocycles. The number of rotatable bonds is 7. The number of nitrogens with one attached hydrogen (secondary N) is 1. The van der Waals surface area contributed by atoms with Gasteiger partial charge in [0.25, 0.3) is 0 Å². The molecule has 2 aromatic carbocycles. The highest BCUT2D eigenvalue weighted by Crippen LogP contribution is 2.18. The highest BCUT2D eigenvalue weighted by molar-refractivity contribution is 5.92. The van der Waals surface area contributed by atoms with Crippen molar-refractivity contribution in [3.63, 3.8) is 0 Å². The molecule has 158 valence electrons. The Morgan fingerprint density at radius 3 is 2.27 bits per heavy atom. The highest BCUT2D eigenvalue weighted by atomic mass is 16.2. The van der Waals surface area contributed by atoms with E-state index in [9.17, 15) is 9.59 Å². The molecule has 1 aliphatic rings. The van der Waals surface area contributed by atoms with Crippen LogP contribution in [0.5, 0.6) is 0 Å². The summed E-state index contributed by atoms with van der Waals surface area (Å²) in [5.74, 6) is 0.0648. The molecule has 30 heavy (non-hydrogen) atoms. The van der Waals surface area contributed by atoms with Gasteiger partial charge in [0.1, 0.15) is 0 Å². The third kappa shape index (κ3) is 6.56. The van der Waals surface area contributed by atoms with Crippen molar-refractivity contribution >= 4 is 17.9 Å². The first kappa shape index (κ1) is 21.8. The van der Waals surface area contributed by atoms with Crippen LogP contribution in [-0.2, 0) is 22.7 Å². The van der Waals surface area contributed by atoms with Gasteiger partial charge in [-0.25, -0.2) is 0 Å². The molecular weight excluding hydrogens is 374 g/mol. The first-order valence-electron chi connectivity index (χ1n) is 10.5. The van der Waals surface area contributed by atoms with Crippen molar-refractivity contribution in [1.82, 2.24) is 15.1 Å². The molecule has 2 amide bonds. The first-order chi connectivity index (χ1) is 14.5. The quantitative estimate of drug-likeness (QED) is 0.719. The van der Waals surface area contributed by atoms with E-state index in [1.54, 1.807) is 6.08 Å². The molecule has 2 aromatic rings. The summed E-state index contributed by atoms with van der Waals surface area (Å²) < 4.78 is 0. The molecule has 0 radical (unpaired) electrons. The summed E-state index contributed by atoms with van der Waals surface area (Å²) in [6, 6.07) is 18.1. The Morgan fingerprint density at radius 1 is 1.00 bits per heavy atom. The minimum absolute atomic E-state index is 0.00975. The van der Waals surface area contributed by atoms with E-state index in [0.717, 1.165) is 17.7 Å². The zero-order chi connectivity index (χ0) is 21.3. The van der Waals surface area contributed by atoms with Gasteiger partial charge in [-0.2, -0.15) is 0 Å². The largest absolute Gasteiger partial charge is 0.352 e. The molecule has 5 nitrogen and oxygen atoms in total. The van der Waals surface area contributed by atoms with E-state index in [1.165, 1.54) is 5.56 Å². The first-order valence-corrected chi connectivity index (χ1v) is 10.5. The molecular formula is C25H31N3O2. The van der Waals surface area contributed by atoms with E-state index in [-0.39, 0.29) is 17.7 Å². The van der Waals surface area contributed by atoms with E-state index < -0.39 is 0 Å². The lowest BCUT2D eigenvalue weighted by molar-refractivity contribution is -0.132. The number of carbonyl (C=O) groups is 2. The van der Waals surface area contributed by atoms with Crippen molar-refractivity contribution in [2.24, 2.45) is 5.92 Å². The van der Waals surface area contributed by atoms with Crippen molar-refractivity contribution in [1.29, 1.82) is 0 Å². The van der Waals surface area contributed by atoms with Crippen molar-refractivity contribution in [3.05, 3.63) is 77.4 Å². The summed E-state index contributed by atoms with van der Waals surface area (Å²) in [6.07, 6.45) is 4.87. The van der Waals surface area contributed by atoms with Gasteiger partial charge in [-0.05, 0) is 49.7 Å². The average Bonchev–Trinajstić information content (AvgIpc) is 2.77. The van der Waals surface area contributed by atoms with Crippen molar-refractivity contribution in [2.45, 2.75) is 25.9 Å². The maximum atomic E-state index is 12.5. The Bertz CT molecular complexity index is 852. The minimum atomic E-state index is -0.0276. The fourth-order valence-corrected chi connectivity index (χ4v) is 3.66. The predicted molar refractivity (Wildman–Crippen MR) is 120 cm³/mol. The van der Waals surface area contributed by atoms with E-state index in [1.807, 2.05) is 55.4 Å². The third-order valence-corrected chi connectivity index (χ3v) is 5.38. The van der Waals surface area contributed by atoms with Crippen LogP contribution in [0.25, 0.3) is 6.08 Å². The maximum Gasteiger partial charge on any atom is 0.246 e. The SMILES string of the molecule is CN(C)Cc1ccc(CNC(=O)C2CCN(C(=O)/C=C/c3ccccc3)CC2)cc1. The van der Waals surface area contributed by atoms with Crippen LogP contribution in [0.3, 0.4) is 0 Å². The Hall–Kier alpha value is -2.92. The summed E-state index contributed by atoms with van der Waals surface area (Å²) in [5, 5.41) is 3.05. The lowest BCUT2D eigenvalue weighted by atomic mass is 9.95. The van der Waals surface area contributed by atoms with Crippen molar-refractivity contribution < 1.29 is 9.59 Å². The number of hydrogen-bond donors (Lipinski definition) is 1. The Labute approximate surface area is 179 Å². The molecule has 0 unspecified atom stereocenters. The van der Waals surface area contributed by atoms with E-state index in [4.69, 9.17) is 0 Å². The van der Waals surface area contributed by atoms with Crippen molar-refractivity contribution in [3.8, 4) is 0 Å². The fraction of sp³-hybridized carbons (Fsp3) is 0.360. The topological polar surface area (TPSA) is 52.7 Å². The molecule has 0 aliphatic carbocycles. The summed E-state index contributed by atoms with van der Waals surface area (Å²) in [5.41, 5.74) is 3.37. The Kier molecular flexibility index (Phi) is 7.80. The smallest absolute Gasteiger partial charge is 0.246 e. The number of benzene rings is 2. The summed E-state index contributed by atoms with van der Waals surface area (Å²) in [4.78, 5) is 28.9. The zero-order valence-electron chi connectivity index (χ0n) is 17.9. The van der Waals surface area contributed by atoms with E-state index in [2.05, 4.69) is 34.5 Å². The van der Waals surface area contributed by atoms with Crippen LogP contribution in [0.4, 0.5) is 0 Å². The lowest BCUT2D eigenvalue weighted by Gasteiger charge is -2.30. The Morgan fingerprint density at radius 2 is 1.63 bits per heavy atom. The number of amides is 2. The van der Waals surface area contributed by atoms with Crippen LogP contribution < -0.4 is 5.32 Å². The molecule has 1 aliphatic heterocycles. The number of hydrogen-bond acceptors (Lipinski definition) is 3. The molecule has 1 fully saturated rings. The fourth-order valence-electron chi connectivity index (χ4n) is 3.66.